The van der Waals surface area contributed by atoms with Crippen LogP contribution in [0.5, 0.6) is 0 Å². The summed E-state index contributed by atoms with van der Waals surface area (Å²) >= 11 is 0. The van der Waals surface area contributed by atoms with E-state index in [2.05, 4.69) is 53.4 Å². The molecule has 1 aromatic carbocycles. The van der Waals surface area contributed by atoms with Crippen molar-refractivity contribution in [1.29, 1.82) is 0 Å². The highest BCUT2D eigenvalue weighted by molar-refractivity contribution is 5.82. The van der Waals surface area contributed by atoms with Crippen molar-refractivity contribution >= 4 is 16.9 Å². The van der Waals surface area contributed by atoms with E-state index in [-0.39, 0.29) is 6.04 Å². The van der Waals surface area contributed by atoms with E-state index in [0.29, 0.717) is 5.92 Å². The number of imidazole rings is 1. The summed E-state index contributed by atoms with van der Waals surface area (Å²) in [5, 5.41) is 3.37. The number of rotatable bonds is 6. The van der Waals surface area contributed by atoms with Gasteiger partial charge in [-0.15, -0.1) is 0 Å². The smallest absolute Gasteiger partial charge is 0.128 e. The predicted octanol–water partition coefficient (Wildman–Crippen LogP) is 4.00. The first kappa shape index (κ1) is 17.4. The van der Waals surface area contributed by atoms with Gasteiger partial charge in [0.25, 0.3) is 0 Å². The third kappa shape index (κ3) is 3.82. The fraction of sp³-hybridized carbons (Fsp3) is 0.400. The first-order valence-electron chi connectivity index (χ1n) is 8.78. The lowest BCUT2D eigenvalue weighted by atomic mass is 10.0. The van der Waals surface area contributed by atoms with Crippen LogP contribution in [0.15, 0.2) is 36.5 Å². The van der Waals surface area contributed by atoms with Crippen molar-refractivity contribution in [3.8, 4) is 11.1 Å². The number of aromatic nitrogens is 3. The van der Waals surface area contributed by atoms with Crippen LogP contribution in [-0.4, -0.2) is 36.1 Å². The molecule has 3 rings (SSSR count). The van der Waals surface area contributed by atoms with Gasteiger partial charge in [-0.05, 0) is 54.8 Å². The molecular weight excluding hydrogens is 310 g/mol. The second-order valence-electron chi connectivity index (χ2n) is 7.12. The number of nitrogens with zero attached hydrogens (tertiary/aromatic N) is 3. The summed E-state index contributed by atoms with van der Waals surface area (Å²) in [7, 11) is 6.00. The lowest BCUT2D eigenvalue weighted by Crippen LogP contribution is -2.19. The molecule has 2 aromatic heterocycles. The zero-order valence-electron chi connectivity index (χ0n) is 15.7. The molecule has 2 heterocycles. The highest BCUT2D eigenvalue weighted by Gasteiger charge is 2.15. The Kier molecular flexibility index (Phi) is 5.04. The van der Waals surface area contributed by atoms with Crippen LogP contribution in [0.3, 0.4) is 0 Å². The average molecular weight is 337 g/mol. The third-order valence-electron chi connectivity index (χ3n) is 4.42. The summed E-state index contributed by atoms with van der Waals surface area (Å²) in [5.41, 5.74) is 4.39. The lowest BCUT2D eigenvalue weighted by molar-refractivity contribution is 0.443. The van der Waals surface area contributed by atoms with Crippen LogP contribution in [-0.2, 0) is 0 Å². The Morgan fingerprint density at radius 3 is 2.56 bits per heavy atom. The van der Waals surface area contributed by atoms with Crippen LogP contribution in [0.2, 0.25) is 0 Å². The maximum absolute atomic E-state index is 4.78. The molecule has 132 valence electrons. The molecule has 0 radical (unpaired) electrons. The summed E-state index contributed by atoms with van der Waals surface area (Å²) in [6, 6.07) is 10.8. The van der Waals surface area contributed by atoms with E-state index in [0.717, 1.165) is 40.2 Å². The minimum absolute atomic E-state index is 0.247. The van der Waals surface area contributed by atoms with Gasteiger partial charge in [0.2, 0.25) is 0 Å². The predicted molar refractivity (Wildman–Crippen MR) is 105 cm³/mol. The molecule has 5 nitrogen and oxygen atoms in total. The fourth-order valence-corrected chi connectivity index (χ4v) is 3.05. The first-order valence-corrected chi connectivity index (χ1v) is 8.78. The van der Waals surface area contributed by atoms with Crippen molar-refractivity contribution in [2.24, 2.45) is 5.92 Å². The zero-order valence-corrected chi connectivity index (χ0v) is 15.7. The largest absolute Gasteiger partial charge is 0.363 e. The monoisotopic (exact) mass is 337 g/mol. The summed E-state index contributed by atoms with van der Waals surface area (Å²) in [6.07, 6.45) is 2.91. The number of hydrogen-bond acceptors (Lipinski definition) is 4. The molecule has 0 aliphatic rings. The summed E-state index contributed by atoms with van der Waals surface area (Å²) < 4.78 is 0. The third-order valence-corrected chi connectivity index (χ3v) is 4.42. The Morgan fingerprint density at radius 2 is 1.88 bits per heavy atom. The maximum atomic E-state index is 4.78. The molecule has 0 spiro atoms. The zero-order chi connectivity index (χ0) is 18.0. The van der Waals surface area contributed by atoms with E-state index < -0.39 is 0 Å². The molecule has 0 aliphatic heterocycles. The van der Waals surface area contributed by atoms with Crippen molar-refractivity contribution in [3.05, 3.63) is 42.4 Å². The molecule has 3 aromatic rings. The number of nitrogens with one attached hydrogen (secondary N) is 2. The SMILES string of the molecule is CN[C@H](CC(C)C)c1nc2ccc(-c3ccnc(N(C)C)c3)cc2[nH]1. The second-order valence-corrected chi connectivity index (χ2v) is 7.12. The minimum Gasteiger partial charge on any atom is -0.363 e. The van der Waals surface area contributed by atoms with Crippen molar-refractivity contribution in [2.75, 3.05) is 26.0 Å². The highest BCUT2D eigenvalue weighted by Crippen LogP contribution is 2.27. The van der Waals surface area contributed by atoms with Gasteiger partial charge < -0.3 is 15.2 Å². The summed E-state index contributed by atoms with van der Waals surface area (Å²) in [4.78, 5) is 14.7. The van der Waals surface area contributed by atoms with Gasteiger partial charge in [0.05, 0.1) is 17.1 Å². The Bertz CT molecular complexity index is 850. The molecule has 0 unspecified atom stereocenters. The molecular formula is C20H27N5. The molecule has 1 atom stereocenters. The Hall–Kier alpha value is -2.40. The number of H-pyrrole nitrogens is 1. The molecule has 0 aliphatic carbocycles. The van der Waals surface area contributed by atoms with Crippen molar-refractivity contribution in [3.63, 3.8) is 0 Å². The Balaban J connectivity index is 1.96. The quantitative estimate of drug-likeness (QED) is 0.714. The van der Waals surface area contributed by atoms with Crippen molar-refractivity contribution in [2.45, 2.75) is 26.3 Å². The van der Waals surface area contributed by atoms with Crippen LogP contribution in [0.25, 0.3) is 22.2 Å². The van der Waals surface area contributed by atoms with E-state index >= 15 is 0 Å². The lowest BCUT2D eigenvalue weighted by Gasteiger charge is -2.15. The van der Waals surface area contributed by atoms with Crippen LogP contribution < -0.4 is 10.2 Å². The van der Waals surface area contributed by atoms with Crippen molar-refractivity contribution < 1.29 is 0 Å². The Labute approximate surface area is 149 Å². The normalized spacial score (nSPS) is 12.7. The standard InChI is InChI=1S/C20H27N5/c1-13(2)10-18(21-3)20-23-16-7-6-14(11-17(16)24-20)15-8-9-22-19(12-15)25(4)5/h6-9,11-13,18,21H,10H2,1-5H3,(H,23,24)/t18-/m1/s1. The molecule has 0 fully saturated rings. The molecule has 0 saturated carbocycles. The number of anilines is 1. The van der Waals surface area contributed by atoms with E-state index in [9.17, 15) is 0 Å². The van der Waals surface area contributed by atoms with E-state index in [1.165, 1.54) is 0 Å². The molecule has 25 heavy (non-hydrogen) atoms. The molecule has 0 saturated heterocycles. The molecule has 5 heteroatoms. The van der Waals surface area contributed by atoms with Gasteiger partial charge in [-0.2, -0.15) is 0 Å². The van der Waals surface area contributed by atoms with Crippen LogP contribution >= 0.6 is 0 Å². The number of pyridine rings is 1. The number of aromatic amines is 1. The average Bonchev–Trinajstić information content (AvgIpc) is 3.02. The van der Waals surface area contributed by atoms with Gasteiger partial charge in [-0.1, -0.05) is 19.9 Å². The van der Waals surface area contributed by atoms with Gasteiger partial charge in [0.1, 0.15) is 11.6 Å². The molecule has 0 amide bonds. The summed E-state index contributed by atoms with van der Waals surface area (Å²) in [5.74, 6) is 2.57. The van der Waals surface area contributed by atoms with Gasteiger partial charge in [0, 0.05) is 20.3 Å². The minimum atomic E-state index is 0.247. The van der Waals surface area contributed by atoms with Crippen LogP contribution in [0.4, 0.5) is 5.82 Å². The summed E-state index contributed by atoms with van der Waals surface area (Å²) in [6.45, 7) is 4.47. The fourth-order valence-electron chi connectivity index (χ4n) is 3.05. The molecule has 0 bridgehead atoms. The molecule has 2 N–H and O–H groups in total. The van der Waals surface area contributed by atoms with Crippen LogP contribution in [0.1, 0.15) is 32.1 Å². The van der Waals surface area contributed by atoms with Gasteiger partial charge >= 0.3 is 0 Å². The first-order chi connectivity index (χ1) is 12.0. The van der Waals surface area contributed by atoms with Crippen LogP contribution in [0, 0.1) is 5.92 Å². The Morgan fingerprint density at radius 1 is 1.12 bits per heavy atom. The number of hydrogen-bond donors (Lipinski definition) is 2. The number of fused-ring (bicyclic) bond motifs is 1. The topological polar surface area (TPSA) is 56.8 Å². The highest BCUT2D eigenvalue weighted by atomic mass is 15.1. The van der Waals surface area contributed by atoms with Crippen molar-refractivity contribution in [1.82, 2.24) is 20.3 Å². The van der Waals surface area contributed by atoms with E-state index in [1.807, 2.05) is 38.3 Å². The second kappa shape index (κ2) is 7.23. The maximum Gasteiger partial charge on any atom is 0.128 e. The van der Waals surface area contributed by atoms with Gasteiger partial charge in [0.15, 0.2) is 0 Å². The van der Waals surface area contributed by atoms with E-state index in [4.69, 9.17) is 4.98 Å². The van der Waals surface area contributed by atoms with E-state index in [1.54, 1.807) is 0 Å². The van der Waals surface area contributed by atoms with Gasteiger partial charge in [-0.25, -0.2) is 9.97 Å². The van der Waals surface area contributed by atoms with Gasteiger partial charge in [-0.3, -0.25) is 0 Å². The number of benzene rings is 1.